The number of hydrogen-bond donors (Lipinski definition) is 3. The number of benzene rings is 1. The first-order chi connectivity index (χ1) is 11.7. The van der Waals surface area contributed by atoms with Crippen LogP contribution in [-0.2, 0) is 16.0 Å². The fourth-order valence-corrected chi connectivity index (χ4v) is 2.42. The largest absolute Gasteiger partial charge is 0.488 e. The summed E-state index contributed by atoms with van der Waals surface area (Å²) in [5.74, 6) is 1.43. The molecule has 0 aliphatic carbocycles. The molecule has 7 nitrogen and oxygen atoms in total. The van der Waals surface area contributed by atoms with E-state index in [1.807, 2.05) is 25.1 Å². The molecule has 3 N–H and O–H groups in total. The molecule has 0 saturated carbocycles. The van der Waals surface area contributed by atoms with Crippen molar-refractivity contribution in [3.63, 3.8) is 0 Å². The van der Waals surface area contributed by atoms with E-state index >= 15 is 0 Å². The number of ether oxygens (including phenoxy) is 2. The standard InChI is InChI=1S/C17H26N4O3/c1-3-18-17(21-12-16(22)19-8-9-23-2)20-11-14-10-13-6-4-5-7-15(13)24-14/h4-7,14H,3,8-12H2,1-2H3,(H,19,22)(H2,18,20,21). The van der Waals surface area contributed by atoms with Gasteiger partial charge in [0.15, 0.2) is 5.96 Å². The molecule has 0 fully saturated rings. The quantitative estimate of drug-likeness (QED) is 0.362. The number of hydrogen-bond acceptors (Lipinski definition) is 4. The van der Waals surface area contributed by atoms with Crippen LogP contribution in [0.4, 0.5) is 0 Å². The average molecular weight is 334 g/mol. The van der Waals surface area contributed by atoms with E-state index in [0.717, 1.165) is 18.7 Å². The average Bonchev–Trinajstić information content (AvgIpc) is 3.00. The molecule has 1 aliphatic rings. The number of carbonyl (C=O) groups excluding carboxylic acids is 1. The van der Waals surface area contributed by atoms with Gasteiger partial charge in [0, 0.05) is 26.6 Å². The number of para-hydroxylation sites is 1. The molecular weight excluding hydrogens is 308 g/mol. The molecule has 1 amide bonds. The Labute approximate surface area is 142 Å². The summed E-state index contributed by atoms with van der Waals surface area (Å²) in [5, 5.41) is 9.10. The van der Waals surface area contributed by atoms with Gasteiger partial charge >= 0.3 is 0 Å². The van der Waals surface area contributed by atoms with E-state index in [2.05, 4.69) is 27.0 Å². The highest BCUT2D eigenvalue weighted by Gasteiger charge is 2.22. The van der Waals surface area contributed by atoms with Crippen molar-refractivity contribution in [1.82, 2.24) is 16.0 Å². The normalized spacial score (nSPS) is 16.2. The highest BCUT2D eigenvalue weighted by molar-refractivity contribution is 5.84. The van der Waals surface area contributed by atoms with Gasteiger partial charge in [-0.15, -0.1) is 0 Å². The van der Waals surface area contributed by atoms with Gasteiger partial charge in [-0.25, -0.2) is 4.99 Å². The molecule has 0 spiro atoms. The summed E-state index contributed by atoms with van der Waals surface area (Å²) in [7, 11) is 1.60. The second-order valence-corrected chi connectivity index (χ2v) is 5.47. The van der Waals surface area contributed by atoms with Gasteiger partial charge in [0.05, 0.1) is 13.2 Å². The summed E-state index contributed by atoms with van der Waals surface area (Å²) in [6.07, 6.45) is 0.946. The molecule has 1 aliphatic heterocycles. The summed E-state index contributed by atoms with van der Waals surface area (Å²) in [6, 6.07) is 8.06. The maximum atomic E-state index is 11.7. The maximum absolute atomic E-state index is 11.7. The molecule has 2 rings (SSSR count). The predicted molar refractivity (Wildman–Crippen MR) is 93.4 cm³/mol. The lowest BCUT2D eigenvalue weighted by atomic mass is 10.1. The summed E-state index contributed by atoms with van der Waals surface area (Å²) < 4.78 is 10.8. The van der Waals surface area contributed by atoms with E-state index in [1.54, 1.807) is 7.11 Å². The van der Waals surface area contributed by atoms with Crippen molar-refractivity contribution in [3.05, 3.63) is 29.8 Å². The van der Waals surface area contributed by atoms with Gasteiger partial charge in [0.2, 0.25) is 5.91 Å². The predicted octanol–water partition coefficient (Wildman–Crippen LogP) is 0.308. The number of nitrogens with one attached hydrogen (secondary N) is 3. The summed E-state index contributed by atoms with van der Waals surface area (Å²) in [5.41, 5.74) is 1.23. The zero-order valence-corrected chi connectivity index (χ0v) is 14.3. The number of methoxy groups -OCH3 is 1. The van der Waals surface area contributed by atoms with Crippen LogP contribution >= 0.6 is 0 Å². The van der Waals surface area contributed by atoms with Crippen LogP contribution in [0.1, 0.15) is 12.5 Å². The number of nitrogens with zero attached hydrogens (tertiary/aromatic N) is 1. The SMILES string of the molecule is CCNC(=NCC(=O)NCCOC)NCC1Cc2ccccc2O1. The fourth-order valence-electron chi connectivity index (χ4n) is 2.42. The Morgan fingerprint density at radius 2 is 2.17 bits per heavy atom. The molecule has 1 heterocycles. The van der Waals surface area contributed by atoms with Crippen molar-refractivity contribution in [3.8, 4) is 5.75 Å². The topological polar surface area (TPSA) is 84.0 Å². The van der Waals surface area contributed by atoms with Crippen molar-refractivity contribution >= 4 is 11.9 Å². The van der Waals surface area contributed by atoms with E-state index in [1.165, 1.54) is 5.56 Å². The number of rotatable bonds is 8. The molecular formula is C17H26N4O3. The molecule has 0 aromatic heterocycles. The minimum atomic E-state index is -0.131. The first-order valence-electron chi connectivity index (χ1n) is 8.25. The molecule has 7 heteroatoms. The Bertz CT molecular complexity index is 538. The van der Waals surface area contributed by atoms with E-state index in [0.29, 0.717) is 25.7 Å². The third-order valence-corrected chi connectivity index (χ3v) is 3.56. The molecule has 1 aromatic carbocycles. The minimum Gasteiger partial charge on any atom is -0.488 e. The molecule has 0 bridgehead atoms. The van der Waals surface area contributed by atoms with E-state index in [4.69, 9.17) is 9.47 Å². The number of amides is 1. The van der Waals surface area contributed by atoms with Gasteiger partial charge in [-0.1, -0.05) is 18.2 Å². The van der Waals surface area contributed by atoms with Crippen molar-refractivity contribution in [2.75, 3.05) is 39.9 Å². The van der Waals surface area contributed by atoms with Crippen LogP contribution in [0.25, 0.3) is 0 Å². The highest BCUT2D eigenvalue weighted by atomic mass is 16.5. The maximum Gasteiger partial charge on any atom is 0.241 e. The van der Waals surface area contributed by atoms with Crippen molar-refractivity contribution in [1.29, 1.82) is 0 Å². The summed E-state index contributed by atoms with van der Waals surface area (Å²) in [6.45, 7) is 4.40. The number of fused-ring (bicyclic) bond motifs is 1. The Kier molecular flexibility index (Phi) is 7.35. The molecule has 0 radical (unpaired) electrons. The smallest absolute Gasteiger partial charge is 0.241 e. The van der Waals surface area contributed by atoms with E-state index < -0.39 is 0 Å². The highest BCUT2D eigenvalue weighted by Crippen LogP contribution is 2.27. The van der Waals surface area contributed by atoms with Crippen LogP contribution in [0.2, 0.25) is 0 Å². The monoisotopic (exact) mass is 334 g/mol. The van der Waals surface area contributed by atoms with Gasteiger partial charge in [0.25, 0.3) is 0 Å². The van der Waals surface area contributed by atoms with Gasteiger partial charge in [-0.3, -0.25) is 4.79 Å². The molecule has 1 aromatic rings. The van der Waals surface area contributed by atoms with Crippen molar-refractivity contribution in [2.45, 2.75) is 19.4 Å². The lowest BCUT2D eigenvalue weighted by Crippen LogP contribution is -2.43. The van der Waals surface area contributed by atoms with Crippen LogP contribution in [0.15, 0.2) is 29.3 Å². The number of aliphatic imine (C=N–C) groups is 1. The first kappa shape index (κ1) is 18.1. The zero-order chi connectivity index (χ0) is 17.2. The minimum absolute atomic E-state index is 0.0711. The van der Waals surface area contributed by atoms with Crippen LogP contribution in [0, 0.1) is 0 Å². The second-order valence-electron chi connectivity index (χ2n) is 5.47. The van der Waals surface area contributed by atoms with E-state index in [-0.39, 0.29) is 18.6 Å². The lowest BCUT2D eigenvalue weighted by Gasteiger charge is -2.15. The number of guanidine groups is 1. The zero-order valence-electron chi connectivity index (χ0n) is 14.3. The Balaban J connectivity index is 1.77. The third kappa shape index (κ3) is 5.73. The summed E-state index contributed by atoms with van der Waals surface area (Å²) >= 11 is 0. The number of carbonyl (C=O) groups is 1. The molecule has 24 heavy (non-hydrogen) atoms. The Morgan fingerprint density at radius 1 is 1.33 bits per heavy atom. The van der Waals surface area contributed by atoms with Gasteiger partial charge in [0.1, 0.15) is 18.4 Å². The second kappa shape index (κ2) is 9.77. The van der Waals surface area contributed by atoms with Crippen molar-refractivity contribution < 1.29 is 14.3 Å². The molecule has 1 unspecified atom stereocenters. The van der Waals surface area contributed by atoms with Crippen LogP contribution < -0.4 is 20.7 Å². The summed E-state index contributed by atoms with van der Waals surface area (Å²) in [4.78, 5) is 16.0. The van der Waals surface area contributed by atoms with Crippen LogP contribution in [0.3, 0.4) is 0 Å². The fraction of sp³-hybridized carbons (Fsp3) is 0.529. The lowest BCUT2D eigenvalue weighted by molar-refractivity contribution is -0.119. The molecule has 1 atom stereocenters. The van der Waals surface area contributed by atoms with Crippen LogP contribution in [0.5, 0.6) is 5.75 Å². The van der Waals surface area contributed by atoms with Gasteiger partial charge in [-0.2, -0.15) is 0 Å². The first-order valence-corrected chi connectivity index (χ1v) is 8.25. The van der Waals surface area contributed by atoms with Crippen molar-refractivity contribution in [2.24, 2.45) is 4.99 Å². The van der Waals surface area contributed by atoms with Crippen LogP contribution in [-0.4, -0.2) is 57.9 Å². The third-order valence-electron chi connectivity index (χ3n) is 3.56. The van der Waals surface area contributed by atoms with Gasteiger partial charge < -0.3 is 25.4 Å². The van der Waals surface area contributed by atoms with Gasteiger partial charge in [-0.05, 0) is 18.6 Å². The molecule has 0 saturated heterocycles. The Morgan fingerprint density at radius 3 is 2.92 bits per heavy atom. The Hall–Kier alpha value is -2.28. The molecule has 132 valence electrons. The van der Waals surface area contributed by atoms with E-state index in [9.17, 15) is 4.79 Å².